The quantitative estimate of drug-likeness (QED) is 0.371. The Hall–Kier alpha value is -1.72. The Morgan fingerprint density at radius 1 is 1.24 bits per heavy atom. The first kappa shape index (κ1) is 21.3. The van der Waals surface area contributed by atoms with Crippen molar-refractivity contribution in [3.63, 3.8) is 0 Å². The molecule has 0 aromatic rings. The summed E-state index contributed by atoms with van der Waals surface area (Å²) in [5.74, 6) is -0.853. The average molecular weight is 350 g/mol. The molecule has 0 fully saturated rings. The van der Waals surface area contributed by atoms with Gasteiger partial charge < -0.3 is 15.3 Å². The zero-order valence-corrected chi connectivity index (χ0v) is 14.9. The normalized spacial score (nSPS) is 22.9. The van der Waals surface area contributed by atoms with Crippen LogP contribution in [-0.2, 0) is 9.59 Å². The van der Waals surface area contributed by atoms with Crippen LogP contribution in [0.25, 0.3) is 0 Å². The first-order valence-electron chi connectivity index (χ1n) is 9.03. The van der Waals surface area contributed by atoms with E-state index >= 15 is 0 Å². The average Bonchev–Trinajstić information content (AvgIpc) is 2.88. The zero-order chi connectivity index (χ0) is 18.7. The molecule has 0 radical (unpaired) electrons. The molecule has 1 aliphatic carbocycles. The highest BCUT2D eigenvalue weighted by Gasteiger charge is 2.27. The fourth-order valence-electron chi connectivity index (χ4n) is 2.83. The van der Waals surface area contributed by atoms with Gasteiger partial charge in [-0.05, 0) is 51.5 Å². The number of carbonyl (C=O) groups is 2. The number of aliphatic hydroxyl groups excluding tert-OH is 2. The maximum absolute atomic E-state index is 12.0. The Morgan fingerprint density at radius 3 is 2.68 bits per heavy atom. The zero-order valence-electron chi connectivity index (χ0n) is 14.9. The van der Waals surface area contributed by atoms with Gasteiger partial charge in [-0.1, -0.05) is 30.4 Å². The summed E-state index contributed by atoms with van der Waals surface area (Å²) in [6, 6.07) is 0. The van der Waals surface area contributed by atoms with E-state index in [1.54, 1.807) is 19.1 Å². The van der Waals surface area contributed by atoms with Gasteiger partial charge in [-0.3, -0.25) is 9.59 Å². The van der Waals surface area contributed by atoms with Crippen molar-refractivity contribution >= 4 is 11.8 Å². The van der Waals surface area contributed by atoms with Crippen molar-refractivity contribution in [3.8, 4) is 0 Å². The largest absolute Gasteiger partial charge is 0.481 e. The van der Waals surface area contributed by atoms with E-state index in [4.69, 9.17) is 5.11 Å². The second-order valence-corrected chi connectivity index (χ2v) is 6.67. The van der Waals surface area contributed by atoms with Crippen molar-refractivity contribution in [1.29, 1.82) is 0 Å². The molecule has 0 aromatic carbocycles. The van der Waals surface area contributed by atoms with Crippen molar-refractivity contribution < 1.29 is 24.9 Å². The predicted molar refractivity (Wildman–Crippen MR) is 97.0 cm³/mol. The van der Waals surface area contributed by atoms with Gasteiger partial charge >= 0.3 is 5.97 Å². The highest BCUT2D eigenvalue weighted by Crippen LogP contribution is 2.27. The maximum atomic E-state index is 12.0. The van der Waals surface area contributed by atoms with Gasteiger partial charge in [0.05, 0.1) is 12.2 Å². The molecule has 5 nitrogen and oxygen atoms in total. The summed E-state index contributed by atoms with van der Waals surface area (Å²) < 4.78 is 0. The minimum Gasteiger partial charge on any atom is -0.481 e. The van der Waals surface area contributed by atoms with Crippen LogP contribution in [0.5, 0.6) is 0 Å². The summed E-state index contributed by atoms with van der Waals surface area (Å²) in [7, 11) is 0. The Balaban J connectivity index is 2.38. The summed E-state index contributed by atoms with van der Waals surface area (Å²) in [4.78, 5) is 22.4. The lowest BCUT2D eigenvalue weighted by Gasteiger charge is -2.13. The van der Waals surface area contributed by atoms with Crippen LogP contribution >= 0.6 is 0 Å². The molecule has 140 valence electrons. The van der Waals surface area contributed by atoms with E-state index in [9.17, 15) is 19.8 Å². The molecule has 25 heavy (non-hydrogen) atoms. The molecule has 0 saturated heterocycles. The minimum atomic E-state index is -0.791. The van der Waals surface area contributed by atoms with Crippen LogP contribution in [0.4, 0.5) is 0 Å². The number of carboxylic acids is 1. The van der Waals surface area contributed by atoms with Crippen molar-refractivity contribution in [3.05, 3.63) is 36.5 Å². The third-order valence-corrected chi connectivity index (χ3v) is 4.31. The summed E-state index contributed by atoms with van der Waals surface area (Å²) >= 11 is 0. The highest BCUT2D eigenvalue weighted by atomic mass is 16.4. The number of hydrogen-bond donors (Lipinski definition) is 3. The van der Waals surface area contributed by atoms with Gasteiger partial charge in [-0.25, -0.2) is 0 Å². The molecule has 0 amide bonds. The Bertz CT molecular complexity index is 504. The van der Waals surface area contributed by atoms with E-state index in [1.165, 1.54) is 0 Å². The summed E-state index contributed by atoms with van der Waals surface area (Å²) in [5, 5.41) is 27.7. The molecule has 1 aliphatic rings. The second kappa shape index (κ2) is 11.8. The number of rotatable bonds is 12. The predicted octanol–water partition coefficient (Wildman–Crippen LogP) is 3.03. The van der Waals surface area contributed by atoms with Crippen LogP contribution < -0.4 is 0 Å². The molecule has 5 heteroatoms. The summed E-state index contributed by atoms with van der Waals surface area (Å²) in [6.07, 6.45) is 14.1. The number of unbranched alkanes of at least 4 members (excludes halogenated alkanes) is 1. The molecule has 0 saturated carbocycles. The number of allylic oxidation sites excluding steroid dienone is 5. The molecule has 0 aliphatic heterocycles. The smallest absolute Gasteiger partial charge is 0.303 e. The first-order valence-corrected chi connectivity index (χ1v) is 9.03. The number of ketones is 1. The monoisotopic (exact) mass is 350 g/mol. The SMILES string of the molecule is C[C@H](O)CCC[C@H](O)/C=C/[C@H]1C=CC(=O)[C@@H]1C/C=C\CCCC(=O)O. The molecule has 0 heterocycles. The van der Waals surface area contributed by atoms with Crippen molar-refractivity contribution in [2.24, 2.45) is 11.8 Å². The summed E-state index contributed by atoms with van der Waals surface area (Å²) in [5.41, 5.74) is 0. The molecule has 0 spiro atoms. The van der Waals surface area contributed by atoms with Gasteiger partial charge in [0.2, 0.25) is 0 Å². The van der Waals surface area contributed by atoms with Crippen LogP contribution in [0.2, 0.25) is 0 Å². The molecule has 1 rings (SSSR count). The number of carbonyl (C=O) groups excluding carboxylic acids is 1. The van der Waals surface area contributed by atoms with Crippen LogP contribution in [-0.4, -0.2) is 39.3 Å². The van der Waals surface area contributed by atoms with Crippen LogP contribution in [0.3, 0.4) is 0 Å². The molecule has 0 unspecified atom stereocenters. The number of aliphatic carboxylic acids is 1. The fraction of sp³-hybridized carbons (Fsp3) is 0.600. The number of hydrogen-bond acceptors (Lipinski definition) is 4. The molecule has 0 bridgehead atoms. The third-order valence-electron chi connectivity index (χ3n) is 4.31. The molecule has 3 N–H and O–H groups in total. The maximum Gasteiger partial charge on any atom is 0.303 e. The van der Waals surface area contributed by atoms with Crippen molar-refractivity contribution in [1.82, 2.24) is 0 Å². The summed E-state index contributed by atoms with van der Waals surface area (Å²) in [6.45, 7) is 1.73. The van der Waals surface area contributed by atoms with Gasteiger partial charge in [-0.15, -0.1) is 0 Å². The van der Waals surface area contributed by atoms with Crippen LogP contribution in [0, 0.1) is 11.8 Å². The standard InChI is InChI=1S/C20H30O5/c1-15(21)7-6-8-17(22)13-11-16-12-14-19(23)18(16)9-4-2-3-5-10-20(24)25/h2,4,11-18,21-22H,3,5-10H2,1H3,(H,24,25)/b4-2-,13-11+/t15-,16-,17-,18+/m0/s1. The van der Waals surface area contributed by atoms with E-state index in [1.807, 2.05) is 24.3 Å². The van der Waals surface area contributed by atoms with E-state index in [2.05, 4.69) is 0 Å². The lowest BCUT2D eigenvalue weighted by molar-refractivity contribution is -0.137. The molecule has 4 atom stereocenters. The van der Waals surface area contributed by atoms with E-state index in [-0.39, 0.29) is 30.1 Å². The van der Waals surface area contributed by atoms with Gasteiger partial charge in [0.1, 0.15) is 0 Å². The fourth-order valence-corrected chi connectivity index (χ4v) is 2.83. The van der Waals surface area contributed by atoms with E-state index in [0.29, 0.717) is 32.1 Å². The Labute approximate surface area is 149 Å². The Kier molecular flexibility index (Phi) is 10.0. The topological polar surface area (TPSA) is 94.8 Å². The second-order valence-electron chi connectivity index (χ2n) is 6.67. The van der Waals surface area contributed by atoms with Gasteiger partial charge in [-0.2, -0.15) is 0 Å². The third kappa shape index (κ3) is 9.37. The van der Waals surface area contributed by atoms with Gasteiger partial charge in [0.15, 0.2) is 5.78 Å². The lowest BCUT2D eigenvalue weighted by Crippen LogP contribution is -2.14. The van der Waals surface area contributed by atoms with E-state index < -0.39 is 12.1 Å². The van der Waals surface area contributed by atoms with E-state index in [0.717, 1.165) is 6.42 Å². The minimum absolute atomic E-state index is 0.0115. The van der Waals surface area contributed by atoms with Crippen LogP contribution in [0.15, 0.2) is 36.5 Å². The molecule has 0 aromatic heterocycles. The Morgan fingerprint density at radius 2 is 2.00 bits per heavy atom. The van der Waals surface area contributed by atoms with Gasteiger partial charge in [0, 0.05) is 18.3 Å². The van der Waals surface area contributed by atoms with Gasteiger partial charge in [0.25, 0.3) is 0 Å². The number of aliphatic hydroxyl groups is 2. The highest BCUT2D eigenvalue weighted by molar-refractivity contribution is 5.95. The first-order chi connectivity index (χ1) is 11.9. The molecular weight excluding hydrogens is 320 g/mol. The lowest BCUT2D eigenvalue weighted by atomic mass is 9.90. The van der Waals surface area contributed by atoms with Crippen LogP contribution in [0.1, 0.15) is 51.9 Å². The molecular formula is C20H30O5. The number of carboxylic acid groups (broad SMARTS) is 1. The van der Waals surface area contributed by atoms with Crippen molar-refractivity contribution in [2.75, 3.05) is 0 Å². The van der Waals surface area contributed by atoms with Crippen molar-refractivity contribution in [2.45, 2.75) is 64.1 Å².